The topological polar surface area (TPSA) is 38.3 Å². The van der Waals surface area contributed by atoms with Crippen LogP contribution in [0.2, 0.25) is 0 Å². The van der Waals surface area contributed by atoms with Gasteiger partial charge in [0.1, 0.15) is 17.7 Å². The molecule has 2 aromatic rings. The number of para-hydroxylation sites is 1. The second kappa shape index (κ2) is 6.48. The van der Waals surface area contributed by atoms with Crippen molar-refractivity contribution < 1.29 is 13.9 Å². The average molecular weight is 309 g/mol. The van der Waals surface area contributed by atoms with Gasteiger partial charge >= 0.3 is 0 Å². The smallest absolute Gasteiger partial charge is 0.248 e. The molecule has 0 aliphatic carbocycles. The van der Waals surface area contributed by atoms with Crippen LogP contribution >= 0.6 is 0 Å². The van der Waals surface area contributed by atoms with Crippen LogP contribution in [0.25, 0.3) is 6.08 Å². The number of anilines is 1. The number of nitrogens with one attached hydrogen (secondary N) is 1. The predicted molar refractivity (Wildman–Crippen MR) is 88.7 cm³/mol. The first-order valence-electron chi connectivity index (χ1n) is 7.34. The quantitative estimate of drug-likeness (QED) is 0.864. The fourth-order valence-electron chi connectivity index (χ4n) is 2.34. The van der Waals surface area contributed by atoms with E-state index in [-0.39, 0.29) is 17.8 Å². The highest BCUT2D eigenvalue weighted by Crippen LogP contribution is 2.29. The third-order valence-corrected chi connectivity index (χ3v) is 3.55. The van der Waals surface area contributed by atoms with E-state index in [9.17, 15) is 9.18 Å². The van der Waals surface area contributed by atoms with Gasteiger partial charge in [-0.1, -0.05) is 18.2 Å². The van der Waals surface area contributed by atoms with Crippen LogP contribution in [0.15, 0.2) is 66.3 Å². The van der Waals surface area contributed by atoms with Gasteiger partial charge in [-0.3, -0.25) is 4.79 Å². The minimum atomic E-state index is -0.337. The molecule has 4 heteroatoms. The number of carbonyl (C=O) groups is 1. The molecule has 1 aliphatic heterocycles. The second-order valence-corrected chi connectivity index (χ2v) is 5.27. The van der Waals surface area contributed by atoms with Crippen molar-refractivity contribution in [2.75, 3.05) is 5.32 Å². The van der Waals surface area contributed by atoms with Crippen molar-refractivity contribution in [3.63, 3.8) is 0 Å². The Morgan fingerprint density at radius 2 is 1.91 bits per heavy atom. The van der Waals surface area contributed by atoms with Gasteiger partial charge < -0.3 is 10.1 Å². The van der Waals surface area contributed by atoms with E-state index in [4.69, 9.17) is 4.74 Å². The molecule has 1 N–H and O–H groups in total. The molecule has 0 saturated carbocycles. The lowest BCUT2D eigenvalue weighted by Crippen LogP contribution is -2.18. The summed E-state index contributed by atoms with van der Waals surface area (Å²) >= 11 is 0. The Kier molecular flexibility index (Phi) is 4.24. The number of benzene rings is 2. The summed E-state index contributed by atoms with van der Waals surface area (Å²) in [6.45, 7) is 1.93. The summed E-state index contributed by atoms with van der Waals surface area (Å²) in [6.07, 6.45) is 5.06. The van der Waals surface area contributed by atoms with E-state index in [1.807, 2.05) is 37.3 Å². The Morgan fingerprint density at radius 1 is 1.17 bits per heavy atom. The number of fused-ring (bicyclic) bond motifs is 1. The molecule has 0 aromatic heterocycles. The van der Waals surface area contributed by atoms with Crippen molar-refractivity contribution in [1.29, 1.82) is 0 Å². The van der Waals surface area contributed by atoms with E-state index in [1.165, 1.54) is 30.3 Å². The third kappa shape index (κ3) is 3.66. The van der Waals surface area contributed by atoms with Gasteiger partial charge in [-0.25, -0.2) is 4.39 Å². The van der Waals surface area contributed by atoms with E-state index >= 15 is 0 Å². The molecule has 1 amide bonds. The molecule has 3 rings (SSSR count). The highest BCUT2D eigenvalue weighted by Gasteiger charge is 2.16. The molecule has 1 atom stereocenters. The minimum absolute atomic E-state index is 0.125. The maximum absolute atomic E-state index is 12.8. The third-order valence-electron chi connectivity index (χ3n) is 3.55. The SMILES string of the molecule is CC1Oc2ccccc2C=C1C=CC(=O)Nc1ccc(F)cc1. The lowest BCUT2D eigenvalue weighted by molar-refractivity contribution is -0.111. The molecule has 116 valence electrons. The van der Waals surface area contributed by atoms with E-state index in [2.05, 4.69) is 5.32 Å². The number of carbonyl (C=O) groups excluding carboxylic acids is 1. The van der Waals surface area contributed by atoms with E-state index in [0.717, 1.165) is 16.9 Å². The van der Waals surface area contributed by atoms with Crippen molar-refractivity contribution in [3.05, 3.63) is 77.6 Å². The van der Waals surface area contributed by atoms with Crippen LogP contribution in [-0.4, -0.2) is 12.0 Å². The Bertz CT molecular complexity index is 778. The lowest BCUT2D eigenvalue weighted by Gasteiger charge is -2.22. The number of hydrogen-bond donors (Lipinski definition) is 1. The predicted octanol–water partition coefficient (Wildman–Crippen LogP) is 4.18. The van der Waals surface area contributed by atoms with E-state index in [0.29, 0.717) is 5.69 Å². The van der Waals surface area contributed by atoms with Gasteiger partial charge in [-0.05, 0) is 55.0 Å². The van der Waals surface area contributed by atoms with Gasteiger partial charge in [0.05, 0.1) is 0 Å². The molecular weight excluding hydrogens is 293 g/mol. The second-order valence-electron chi connectivity index (χ2n) is 5.27. The summed E-state index contributed by atoms with van der Waals surface area (Å²) in [5.74, 6) is 0.229. The lowest BCUT2D eigenvalue weighted by atomic mass is 10.0. The first kappa shape index (κ1) is 15.0. The molecule has 0 bridgehead atoms. The van der Waals surface area contributed by atoms with E-state index in [1.54, 1.807) is 6.08 Å². The molecule has 23 heavy (non-hydrogen) atoms. The Balaban J connectivity index is 1.71. The van der Waals surface area contributed by atoms with Crippen molar-refractivity contribution in [2.24, 2.45) is 0 Å². The Morgan fingerprint density at radius 3 is 2.70 bits per heavy atom. The molecule has 1 unspecified atom stereocenters. The summed E-state index contributed by atoms with van der Waals surface area (Å²) in [5, 5.41) is 2.68. The van der Waals surface area contributed by atoms with Crippen LogP contribution in [0.4, 0.5) is 10.1 Å². The van der Waals surface area contributed by atoms with Gasteiger partial charge in [0.15, 0.2) is 0 Å². The molecule has 0 radical (unpaired) electrons. The molecule has 3 nitrogen and oxygen atoms in total. The normalized spacial score (nSPS) is 16.4. The van der Waals surface area contributed by atoms with E-state index < -0.39 is 0 Å². The molecule has 0 spiro atoms. The molecule has 1 aliphatic rings. The first-order chi connectivity index (χ1) is 11.1. The Hall–Kier alpha value is -2.88. The standard InChI is InChI=1S/C19H16FNO2/c1-13-14(12-15-4-2-3-5-18(15)23-13)6-11-19(22)21-17-9-7-16(20)8-10-17/h2-13H,1H3,(H,21,22). The highest BCUT2D eigenvalue weighted by molar-refractivity contribution is 5.99. The van der Waals surface area contributed by atoms with Crippen molar-refractivity contribution in [2.45, 2.75) is 13.0 Å². The zero-order valence-electron chi connectivity index (χ0n) is 12.6. The molecule has 0 fully saturated rings. The monoisotopic (exact) mass is 309 g/mol. The molecule has 2 aromatic carbocycles. The van der Waals surface area contributed by atoms with Crippen molar-refractivity contribution in [1.82, 2.24) is 0 Å². The summed E-state index contributed by atoms with van der Waals surface area (Å²) in [4.78, 5) is 11.9. The van der Waals surface area contributed by atoms with Crippen LogP contribution in [-0.2, 0) is 4.79 Å². The zero-order valence-corrected chi connectivity index (χ0v) is 12.6. The molecule has 1 heterocycles. The maximum Gasteiger partial charge on any atom is 0.248 e. The largest absolute Gasteiger partial charge is 0.485 e. The fourth-order valence-corrected chi connectivity index (χ4v) is 2.34. The van der Waals surface area contributed by atoms with Gasteiger partial charge in [-0.2, -0.15) is 0 Å². The summed E-state index contributed by atoms with van der Waals surface area (Å²) in [7, 11) is 0. The number of ether oxygens (including phenoxy) is 1. The molecule has 0 saturated heterocycles. The van der Waals surface area contributed by atoms with Crippen molar-refractivity contribution >= 4 is 17.7 Å². The summed E-state index contributed by atoms with van der Waals surface area (Å²) in [6, 6.07) is 13.4. The van der Waals surface area contributed by atoms with Gasteiger partial charge in [0.25, 0.3) is 0 Å². The van der Waals surface area contributed by atoms with Gasteiger partial charge in [0, 0.05) is 17.3 Å². The maximum atomic E-state index is 12.8. The van der Waals surface area contributed by atoms with Crippen LogP contribution in [0.3, 0.4) is 0 Å². The van der Waals surface area contributed by atoms with Gasteiger partial charge in [0.2, 0.25) is 5.91 Å². The zero-order chi connectivity index (χ0) is 16.2. The van der Waals surface area contributed by atoms with Crippen LogP contribution in [0, 0.1) is 5.82 Å². The minimum Gasteiger partial charge on any atom is -0.485 e. The van der Waals surface area contributed by atoms with Crippen LogP contribution in [0.5, 0.6) is 5.75 Å². The van der Waals surface area contributed by atoms with Crippen LogP contribution in [0.1, 0.15) is 12.5 Å². The fraction of sp³-hybridized carbons (Fsp3) is 0.105. The van der Waals surface area contributed by atoms with Gasteiger partial charge in [-0.15, -0.1) is 0 Å². The van der Waals surface area contributed by atoms with Crippen molar-refractivity contribution in [3.8, 4) is 5.75 Å². The van der Waals surface area contributed by atoms with Crippen LogP contribution < -0.4 is 10.1 Å². The average Bonchev–Trinajstić information content (AvgIpc) is 2.55. The number of halogens is 1. The number of hydrogen-bond acceptors (Lipinski definition) is 2. The number of amides is 1. The first-order valence-corrected chi connectivity index (χ1v) is 7.34. The molecular formula is C19H16FNO2. The number of rotatable bonds is 3. The Labute approximate surface area is 134 Å². The summed E-state index contributed by atoms with van der Waals surface area (Å²) in [5.41, 5.74) is 2.45. The summed E-state index contributed by atoms with van der Waals surface area (Å²) < 4.78 is 18.6. The highest BCUT2D eigenvalue weighted by atomic mass is 19.1.